The van der Waals surface area contributed by atoms with Crippen LogP contribution in [0.15, 0.2) is 23.3 Å². The number of hydrogen-bond acceptors (Lipinski definition) is 2. The van der Waals surface area contributed by atoms with Crippen molar-refractivity contribution in [2.45, 2.75) is 72.1 Å². The van der Waals surface area contributed by atoms with Crippen molar-refractivity contribution in [1.82, 2.24) is 0 Å². The summed E-state index contributed by atoms with van der Waals surface area (Å²) in [6.07, 6.45) is 12.7. The SMILES string of the molecule is CC(C)=CCC/C(C)=C/COC(=O)CCCCCCCBr. The molecule has 3 heteroatoms. The summed E-state index contributed by atoms with van der Waals surface area (Å²) in [7, 11) is 0. The maximum atomic E-state index is 11.5. The molecular formula is C18H31BrO2. The first-order chi connectivity index (χ1) is 10.1. The second kappa shape index (κ2) is 14.4. The molecule has 0 fully saturated rings. The van der Waals surface area contributed by atoms with Gasteiger partial charge in [0, 0.05) is 11.8 Å². The van der Waals surface area contributed by atoms with Gasteiger partial charge in [0.15, 0.2) is 0 Å². The molecule has 0 saturated carbocycles. The Hall–Kier alpha value is -0.570. The van der Waals surface area contributed by atoms with E-state index in [0.29, 0.717) is 13.0 Å². The van der Waals surface area contributed by atoms with Crippen LogP contribution in [0.2, 0.25) is 0 Å². The number of carbonyl (C=O) groups excluding carboxylic acids is 1. The molecule has 0 saturated heterocycles. The van der Waals surface area contributed by atoms with E-state index in [1.165, 1.54) is 30.4 Å². The Morgan fingerprint density at radius 3 is 2.29 bits per heavy atom. The Morgan fingerprint density at radius 2 is 1.62 bits per heavy atom. The van der Waals surface area contributed by atoms with E-state index >= 15 is 0 Å². The minimum Gasteiger partial charge on any atom is -0.461 e. The molecule has 0 unspecified atom stereocenters. The molecule has 0 amide bonds. The Kier molecular flexibility index (Phi) is 14.0. The minimum absolute atomic E-state index is 0.0659. The molecule has 21 heavy (non-hydrogen) atoms. The van der Waals surface area contributed by atoms with Crippen molar-refractivity contribution in [1.29, 1.82) is 0 Å². The van der Waals surface area contributed by atoms with E-state index in [2.05, 4.69) is 42.8 Å². The molecule has 0 heterocycles. The predicted molar refractivity (Wildman–Crippen MR) is 94.9 cm³/mol. The average molecular weight is 359 g/mol. The number of ether oxygens (including phenoxy) is 1. The molecule has 0 N–H and O–H groups in total. The van der Waals surface area contributed by atoms with Crippen LogP contribution in [0.3, 0.4) is 0 Å². The molecule has 0 bridgehead atoms. The van der Waals surface area contributed by atoms with Gasteiger partial charge in [0.05, 0.1) is 0 Å². The second-order valence-electron chi connectivity index (χ2n) is 5.76. The highest BCUT2D eigenvalue weighted by molar-refractivity contribution is 9.09. The molecule has 2 nitrogen and oxygen atoms in total. The molecule has 0 aromatic carbocycles. The van der Waals surface area contributed by atoms with Crippen LogP contribution in [0.25, 0.3) is 0 Å². The van der Waals surface area contributed by atoms with Crippen molar-refractivity contribution in [3.63, 3.8) is 0 Å². The van der Waals surface area contributed by atoms with Gasteiger partial charge in [-0.2, -0.15) is 0 Å². The third kappa shape index (κ3) is 15.6. The summed E-state index contributed by atoms with van der Waals surface area (Å²) in [5.74, 6) is -0.0659. The zero-order valence-corrected chi connectivity index (χ0v) is 15.5. The second-order valence-corrected chi connectivity index (χ2v) is 6.55. The fourth-order valence-corrected chi connectivity index (χ4v) is 2.33. The normalized spacial score (nSPS) is 11.3. The molecule has 0 atom stereocenters. The van der Waals surface area contributed by atoms with E-state index in [1.54, 1.807) is 0 Å². The number of carbonyl (C=O) groups is 1. The van der Waals surface area contributed by atoms with Gasteiger partial charge < -0.3 is 4.74 Å². The van der Waals surface area contributed by atoms with Crippen LogP contribution in [0.4, 0.5) is 0 Å². The maximum Gasteiger partial charge on any atom is 0.306 e. The topological polar surface area (TPSA) is 26.3 Å². The quantitative estimate of drug-likeness (QED) is 0.186. The molecule has 0 spiro atoms. The van der Waals surface area contributed by atoms with Crippen LogP contribution in [0.1, 0.15) is 72.1 Å². The van der Waals surface area contributed by atoms with E-state index in [4.69, 9.17) is 4.74 Å². The van der Waals surface area contributed by atoms with Crippen molar-refractivity contribution >= 4 is 21.9 Å². The molecular weight excluding hydrogens is 328 g/mol. The van der Waals surface area contributed by atoms with Crippen molar-refractivity contribution in [3.8, 4) is 0 Å². The fourth-order valence-electron chi connectivity index (χ4n) is 1.93. The standard InChI is InChI=1S/C18H31BrO2/c1-16(2)10-9-11-17(3)13-15-21-18(20)12-7-5-4-6-8-14-19/h10,13H,4-9,11-12,14-15H2,1-3H3/b17-13+. The van der Waals surface area contributed by atoms with Crippen LogP contribution >= 0.6 is 15.9 Å². The number of unbranched alkanes of at least 4 members (excludes halogenated alkanes) is 4. The van der Waals surface area contributed by atoms with Crippen molar-refractivity contribution in [2.75, 3.05) is 11.9 Å². The number of halogens is 1. The Labute approximate surface area is 139 Å². The van der Waals surface area contributed by atoms with E-state index in [-0.39, 0.29) is 5.97 Å². The highest BCUT2D eigenvalue weighted by Gasteiger charge is 2.01. The molecule has 122 valence electrons. The summed E-state index contributed by atoms with van der Waals surface area (Å²) < 4.78 is 5.23. The molecule has 0 radical (unpaired) electrons. The van der Waals surface area contributed by atoms with E-state index in [0.717, 1.165) is 31.0 Å². The Bertz CT molecular complexity index is 328. The summed E-state index contributed by atoms with van der Waals surface area (Å²) in [4.78, 5) is 11.5. The predicted octanol–water partition coefficient (Wildman–Crippen LogP) is 5.96. The zero-order valence-electron chi connectivity index (χ0n) is 13.9. The van der Waals surface area contributed by atoms with Crippen molar-refractivity contribution < 1.29 is 9.53 Å². The van der Waals surface area contributed by atoms with Crippen LogP contribution in [0.5, 0.6) is 0 Å². The van der Waals surface area contributed by atoms with E-state index in [9.17, 15) is 4.79 Å². The maximum absolute atomic E-state index is 11.5. The highest BCUT2D eigenvalue weighted by Crippen LogP contribution is 2.08. The summed E-state index contributed by atoms with van der Waals surface area (Å²) in [6, 6.07) is 0. The van der Waals surface area contributed by atoms with Gasteiger partial charge in [-0.15, -0.1) is 0 Å². The lowest BCUT2D eigenvalue weighted by molar-refractivity contribution is -0.142. The number of alkyl halides is 1. The number of allylic oxidation sites excluding steroid dienone is 3. The third-order valence-electron chi connectivity index (χ3n) is 3.28. The third-order valence-corrected chi connectivity index (χ3v) is 3.84. The van der Waals surface area contributed by atoms with Gasteiger partial charge >= 0.3 is 5.97 Å². The van der Waals surface area contributed by atoms with Crippen molar-refractivity contribution in [3.05, 3.63) is 23.3 Å². The summed E-state index contributed by atoms with van der Waals surface area (Å²) in [6.45, 7) is 6.74. The molecule has 0 aliphatic rings. The van der Waals surface area contributed by atoms with Gasteiger partial charge in [0.2, 0.25) is 0 Å². The van der Waals surface area contributed by atoms with Gasteiger partial charge in [0.25, 0.3) is 0 Å². The van der Waals surface area contributed by atoms with Crippen LogP contribution < -0.4 is 0 Å². The van der Waals surface area contributed by atoms with Gasteiger partial charge in [-0.25, -0.2) is 0 Å². The first-order valence-electron chi connectivity index (χ1n) is 8.07. The van der Waals surface area contributed by atoms with Crippen LogP contribution in [-0.4, -0.2) is 17.9 Å². The molecule has 0 aliphatic carbocycles. The molecule has 0 aliphatic heterocycles. The lowest BCUT2D eigenvalue weighted by Crippen LogP contribution is -2.04. The van der Waals surface area contributed by atoms with Crippen LogP contribution in [-0.2, 0) is 9.53 Å². The lowest BCUT2D eigenvalue weighted by Gasteiger charge is -2.04. The number of hydrogen-bond donors (Lipinski definition) is 0. The smallest absolute Gasteiger partial charge is 0.306 e. The lowest BCUT2D eigenvalue weighted by atomic mass is 10.1. The van der Waals surface area contributed by atoms with Gasteiger partial charge in [0.1, 0.15) is 6.61 Å². The van der Waals surface area contributed by atoms with E-state index in [1.807, 2.05) is 6.08 Å². The van der Waals surface area contributed by atoms with Crippen molar-refractivity contribution in [2.24, 2.45) is 0 Å². The highest BCUT2D eigenvalue weighted by atomic mass is 79.9. The molecule has 0 aromatic heterocycles. The van der Waals surface area contributed by atoms with E-state index < -0.39 is 0 Å². The zero-order chi connectivity index (χ0) is 15.9. The summed E-state index contributed by atoms with van der Waals surface area (Å²) >= 11 is 3.42. The molecule has 0 aromatic rings. The summed E-state index contributed by atoms with van der Waals surface area (Å²) in [5.41, 5.74) is 2.64. The van der Waals surface area contributed by atoms with Gasteiger partial charge in [-0.1, -0.05) is 52.4 Å². The fraction of sp³-hybridized carbons (Fsp3) is 0.722. The first kappa shape index (κ1) is 20.4. The van der Waals surface area contributed by atoms with Gasteiger partial charge in [-0.05, 0) is 52.5 Å². The van der Waals surface area contributed by atoms with Crippen LogP contribution in [0, 0.1) is 0 Å². The largest absolute Gasteiger partial charge is 0.461 e. The number of rotatable bonds is 12. The Balaban J connectivity index is 3.57. The number of esters is 1. The first-order valence-corrected chi connectivity index (χ1v) is 9.19. The average Bonchev–Trinajstić information content (AvgIpc) is 2.42. The van der Waals surface area contributed by atoms with Gasteiger partial charge in [-0.3, -0.25) is 4.79 Å². The minimum atomic E-state index is -0.0659. The Morgan fingerprint density at radius 1 is 0.952 bits per heavy atom. The molecule has 0 rings (SSSR count). The summed E-state index contributed by atoms with van der Waals surface area (Å²) in [5, 5.41) is 1.08. The monoisotopic (exact) mass is 358 g/mol.